The fraction of sp³-hybridized carbons (Fsp3) is 0.440. The summed E-state index contributed by atoms with van der Waals surface area (Å²) in [6, 6.07) is 47.6. The maximum Gasteiger partial charge on any atom is 0.287 e. The fourth-order valence-corrected chi connectivity index (χ4v) is 17.1. The number of nitrogens with one attached hydrogen (secondary N) is 11. The van der Waals surface area contributed by atoms with Crippen LogP contribution in [0.4, 0.5) is 36.4 Å². The van der Waals surface area contributed by atoms with Crippen LogP contribution in [0.25, 0.3) is 0 Å². The summed E-state index contributed by atoms with van der Waals surface area (Å²) in [5, 5.41) is 31.0. The van der Waals surface area contributed by atoms with Crippen molar-refractivity contribution >= 4 is 111 Å². The summed E-state index contributed by atoms with van der Waals surface area (Å²) in [5.41, 5.74) is 5.16. The summed E-state index contributed by atoms with van der Waals surface area (Å²) in [5.74, 6) is -28.5. The Kier molecular flexibility index (Phi) is 38.3. The number of ketones is 6. The molecule has 7 aromatic rings. The molecule has 0 bridgehead atoms. The molecule has 11 N–H and O–H groups in total. The first-order valence-electron chi connectivity index (χ1n) is 46.0. The highest BCUT2D eigenvalue weighted by Crippen LogP contribution is 2.37. The Bertz CT molecular complexity index is 5590. The van der Waals surface area contributed by atoms with Crippen LogP contribution in [0.5, 0.6) is 0 Å². The van der Waals surface area contributed by atoms with Gasteiger partial charge in [-0.1, -0.05) is 152 Å². The van der Waals surface area contributed by atoms with E-state index < -0.39 is 190 Å². The third-order valence-electron chi connectivity index (χ3n) is 24.6. The van der Waals surface area contributed by atoms with Crippen molar-refractivity contribution in [3.05, 3.63) is 222 Å². The van der Waals surface area contributed by atoms with Gasteiger partial charge in [0.05, 0.1) is 103 Å². The van der Waals surface area contributed by atoms with Crippen molar-refractivity contribution in [3.8, 4) is 0 Å². The zero-order valence-corrected chi connectivity index (χ0v) is 77.9. The molecule has 12 atom stereocenters. The molecule has 140 heavy (non-hydrogen) atoms. The molecule has 8 fully saturated rings. The Morgan fingerprint density at radius 1 is 0.414 bits per heavy atom. The molecule has 6 aliphatic heterocycles. The number of pyridine rings is 1. The van der Waals surface area contributed by atoms with Crippen molar-refractivity contribution in [2.24, 2.45) is 72.1 Å². The van der Waals surface area contributed by atoms with E-state index in [4.69, 9.17) is 0 Å². The monoisotopic (exact) mass is 1950 g/mol. The molecule has 0 spiro atoms. The van der Waals surface area contributed by atoms with Gasteiger partial charge >= 0.3 is 0 Å². The van der Waals surface area contributed by atoms with E-state index in [-0.39, 0.29) is 100 Å². The van der Waals surface area contributed by atoms with Gasteiger partial charge in [0.2, 0.25) is 70.1 Å². The first-order chi connectivity index (χ1) is 66.4. The number of Topliss-reactive ketones (excluding diaryl/α,β-unsaturated/α-hetero) is 6. The van der Waals surface area contributed by atoms with Gasteiger partial charge in [0.15, 0.2) is 0 Å². The molecule has 15 rings (SSSR count). The number of rotatable bonds is 33. The highest BCUT2D eigenvalue weighted by Gasteiger charge is 2.50. The Balaban J connectivity index is 0.000000174. The highest BCUT2D eigenvalue weighted by molar-refractivity contribution is 6.40. The molecule has 40 heteroatoms. The quantitative estimate of drug-likeness (QED) is 0.0181. The normalized spacial score (nSPS) is 21.8. The largest absolute Gasteiger partial charge is 0.355 e. The molecule has 2 aromatic heterocycles. The van der Waals surface area contributed by atoms with E-state index in [1.807, 2.05) is 125 Å². The van der Waals surface area contributed by atoms with Crippen LogP contribution in [0.3, 0.4) is 0 Å². The molecular weight excluding hydrogens is 1830 g/mol. The number of benzene rings is 5. The molecule has 8 heterocycles. The standard InChI is InChI=1S/C20H22F2N4O3.2C17H20N2O3.C16H17F3N2O3.C15H17F2N3O3.C15H18N2O3/c1-20(21,22)12-23-18(28)17(27)16-11-26(14-9-24-25(2)10-14)19(29)15(16)8-13-6-4-3-5-7-13;20-15(17(22)19-12-8-4-5-9-12)13-10-18-16(21)14(13)11-6-2-1-3-7-11;20-15(17(22)18-9-12-6-7-12)14-10-19-16(21)13(14)8-11-4-2-1-3-5-11;1-16(18,19)8-21-15(24)13(22)12-7-20-14(23)11(12)6-9-2-4-10(17)5-3-9;1-15(16,17)8-20-14(23)12(21)11-7-19-13(22)10(11)6-9-4-2-3-5-18-9;1-9(2)17-15(20)13(18)11-8-16-14(19)12(11)10-6-4-3-5-7-10/h3-7,9-10,15-16H,8,11-12H2,1-2H3,(H,23,28);1-3,6-7,12-14H,4-5,8-10H2,(H,18,21)(H,19,22);1-5,12-14H,6-10H2,(H,18,22)(H,19,21);2-5,11-12H,6-8H2,1H3,(H,20,23)(H,21,24);2-5,10-11H,6-8H2,1H3,(H,19,22)(H,20,23);3-7,9,11-12H,8H2,1-2H3,(H,16,19)(H,17,20)/t15-,16+;2*13-,14+;11-,12+;10-,11+;11-,12+/m101110/s1. The van der Waals surface area contributed by atoms with Crippen molar-refractivity contribution in [3.63, 3.8) is 0 Å². The molecule has 6 saturated heterocycles. The number of anilines is 1. The number of nitrogens with zero attached hydrogens (tertiary/aromatic N) is 4. The number of hydrogen-bond donors (Lipinski definition) is 11. The van der Waals surface area contributed by atoms with Crippen LogP contribution in [-0.2, 0) is 119 Å². The molecule has 12 amide bonds. The topological polar surface area (TPSA) is 474 Å². The van der Waals surface area contributed by atoms with Gasteiger partial charge in [-0.05, 0) is 117 Å². The molecular formula is C100H114F7N15O18. The second kappa shape index (κ2) is 49.8. The number of halogens is 7. The van der Waals surface area contributed by atoms with Gasteiger partial charge in [0, 0.05) is 110 Å². The average molecular weight is 1950 g/mol. The van der Waals surface area contributed by atoms with E-state index in [1.165, 1.54) is 40.0 Å². The summed E-state index contributed by atoms with van der Waals surface area (Å²) in [6.07, 6.45) is 12.1. The Labute approximate surface area is 802 Å². The van der Waals surface area contributed by atoms with Crippen molar-refractivity contribution in [2.75, 3.05) is 70.3 Å². The smallest absolute Gasteiger partial charge is 0.287 e. The minimum atomic E-state index is -3.13. The van der Waals surface area contributed by atoms with E-state index in [1.54, 1.807) is 63.6 Å². The van der Waals surface area contributed by atoms with Gasteiger partial charge in [-0.15, -0.1) is 0 Å². The lowest BCUT2D eigenvalue weighted by atomic mass is 9.85. The highest BCUT2D eigenvalue weighted by atomic mass is 19.3. The summed E-state index contributed by atoms with van der Waals surface area (Å²) in [6.45, 7) is 3.94. The van der Waals surface area contributed by atoms with Crippen molar-refractivity contribution < 1.29 is 117 Å². The van der Waals surface area contributed by atoms with Gasteiger partial charge in [-0.2, -0.15) is 5.10 Å². The van der Waals surface area contributed by atoms with Gasteiger partial charge in [-0.3, -0.25) is 96.0 Å². The predicted octanol–water partition coefficient (Wildman–Crippen LogP) is 5.42. The van der Waals surface area contributed by atoms with E-state index in [0.29, 0.717) is 56.6 Å². The molecule has 0 radical (unpaired) electrons. The average Bonchev–Trinajstić information content (AvgIpc) is 1.64. The number of aryl methyl sites for hydroxylation is 1. The van der Waals surface area contributed by atoms with E-state index >= 15 is 0 Å². The molecule has 2 saturated carbocycles. The van der Waals surface area contributed by atoms with Crippen LogP contribution in [0.15, 0.2) is 182 Å². The van der Waals surface area contributed by atoms with Crippen molar-refractivity contribution in [1.82, 2.24) is 73.2 Å². The summed E-state index contributed by atoms with van der Waals surface area (Å²) in [7, 11) is 1.70. The lowest BCUT2D eigenvalue weighted by Gasteiger charge is -2.17. The lowest BCUT2D eigenvalue weighted by molar-refractivity contribution is -0.142. The maximum atomic E-state index is 13.1. The molecule has 0 unspecified atom stereocenters. The second-order valence-electron chi connectivity index (χ2n) is 36.3. The summed E-state index contributed by atoms with van der Waals surface area (Å²) < 4.78 is 91.5. The van der Waals surface area contributed by atoms with Crippen LogP contribution in [-0.4, -0.2) is 216 Å². The van der Waals surface area contributed by atoms with E-state index in [0.717, 1.165) is 60.8 Å². The summed E-state index contributed by atoms with van der Waals surface area (Å²) in [4.78, 5) is 224. The number of hydrogen-bond acceptors (Lipinski definition) is 20. The summed E-state index contributed by atoms with van der Waals surface area (Å²) >= 11 is 0. The van der Waals surface area contributed by atoms with Gasteiger partial charge < -0.3 is 63.4 Å². The number of aromatic nitrogens is 3. The third-order valence-corrected chi connectivity index (χ3v) is 24.6. The Hall–Kier alpha value is -14.4. The molecule has 2 aliphatic carbocycles. The number of carbonyl (C=O) groups is 18. The number of alkyl halides is 6. The van der Waals surface area contributed by atoms with E-state index in [2.05, 4.69) is 52.6 Å². The predicted molar refractivity (Wildman–Crippen MR) is 493 cm³/mol. The van der Waals surface area contributed by atoms with Gasteiger partial charge in [0.25, 0.3) is 53.2 Å². The molecule has 8 aliphatic rings. The van der Waals surface area contributed by atoms with Gasteiger partial charge in [0.1, 0.15) is 5.82 Å². The fourth-order valence-electron chi connectivity index (χ4n) is 17.1. The zero-order chi connectivity index (χ0) is 102. The minimum absolute atomic E-state index is 0.00318. The SMILES string of the molecule is CC(C)NC(=O)C(=O)[C@H]1CNC(=O)[C@@H]1c1ccccc1.CC(F)(F)CNC(=O)C(=O)[C@H]1CNC(=O)[C@@H]1Cc1ccc(F)cc1.CC(F)(F)CNC(=O)C(=O)[C@H]1CNC(=O)[C@@H]1Cc1ccccn1.Cn1cc(N2C[C@H](C(=O)C(=O)NCC(C)(F)F)[C@@H](Cc3ccccc3)C2=O)cn1.O=C(NC1CCCC1)C(=O)[C@H]1CNC(=O)[C@@H]1c1ccccc1.O=C(NCC1CC1)C(=O)[C@H]1CNC(=O)[C@@H]1Cc1ccccc1. The van der Waals surface area contributed by atoms with E-state index in [9.17, 15) is 117 Å². The first kappa shape index (κ1) is 108. The van der Waals surface area contributed by atoms with Crippen molar-refractivity contribution in [2.45, 2.75) is 141 Å². The van der Waals surface area contributed by atoms with Crippen LogP contribution >= 0.6 is 0 Å². The van der Waals surface area contributed by atoms with Crippen LogP contribution in [0.1, 0.15) is 118 Å². The maximum absolute atomic E-state index is 13.1. The first-order valence-corrected chi connectivity index (χ1v) is 46.0. The molecule has 746 valence electrons. The van der Waals surface area contributed by atoms with Crippen LogP contribution in [0.2, 0.25) is 0 Å². The second-order valence-corrected chi connectivity index (χ2v) is 36.3. The minimum Gasteiger partial charge on any atom is -0.355 e. The number of amides is 12. The molecule has 33 nitrogen and oxygen atoms in total. The van der Waals surface area contributed by atoms with Crippen molar-refractivity contribution in [1.29, 1.82) is 0 Å². The Morgan fingerprint density at radius 3 is 1.17 bits per heavy atom. The Morgan fingerprint density at radius 2 is 0.779 bits per heavy atom. The van der Waals surface area contributed by atoms with Crippen LogP contribution < -0.4 is 63.4 Å². The lowest BCUT2D eigenvalue weighted by Crippen LogP contribution is -2.42. The third kappa shape index (κ3) is 31.6. The molecule has 5 aromatic carbocycles. The zero-order valence-electron chi connectivity index (χ0n) is 77.9. The van der Waals surface area contributed by atoms with Gasteiger partial charge in [-0.25, -0.2) is 30.7 Å². The number of carbonyl (C=O) groups excluding carboxylic acids is 18. The van der Waals surface area contributed by atoms with Crippen LogP contribution in [0, 0.1) is 70.9 Å².